The van der Waals surface area contributed by atoms with E-state index in [2.05, 4.69) is 32.3 Å². The number of aliphatic hydroxyl groups is 1. The molecule has 0 spiro atoms. The van der Waals surface area contributed by atoms with Crippen molar-refractivity contribution in [1.82, 2.24) is 9.88 Å². The van der Waals surface area contributed by atoms with Crippen molar-refractivity contribution in [2.24, 2.45) is 11.8 Å². The average molecular weight is 402 g/mol. The Balaban J connectivity index is 1.19. The fourth-order valence-corrected chi connectivity index (χ4v) is 5.57. The molecule has 2 fully saturated rings. The van der Waals surface area contributed by atoms with Crippen LogP contribution in [0.5, 0.6) is 0 Å². The molecule has 0 unspecified atom stereocenters. The average Bonchev–Trinajstić information content (AvgIpc) is 3.22. The van der Waals surface area contributed by atoms with Gasteiger partial charge in [-0.05, 0) is 55.2 Å². The number of nitrogens with zero attached hydrogens (tertiary/aromatic N) is 3. The van der Waals surface area contributed by atoms with Crippen LogP contribution in [0.4, 0.5) is 5.82 Å². The highest BCUT2D eigenvalue weighted by molar-refractivity contribution is 7.17. The van der Waals surface area contributed by atoms with Crippen LogP contribution in [0.25, 0.3) is 10.1 Å². The fourth-order valence-electron chi connectivity index (χ4n) is 4.79. The monoisotopic (exact) mass is 401 g/mol. The molecule has 1 aliphatic heterocycles. The van der Waals surface area contributed by atoms with Crippen molar-refractivity contribution < 1.29 is 9.90 Å². The van der Waals surface area contributed by atoms with E-state index in [1.54, 1.807) is 11.3 Å². The molecule has 0 radical (unpaired) electrons. The van der Waals surface area contributed by atoms with Gasteiger partial charge in [0.25, 0.3) is 0 Å². The second kappa shape index (κ2) is 9.33. The Morgan fingerprint density at radius 3 is 2.61 bits per heavy atom. The number of anilines is 1. The van der Waals surface area contributed by atoms with Crippen molar-refractivity contribution in [2.45, 2.75) is 38.5 Å². The Labute approximate surface area is 171 Å². The molecule has 28 heavy (non-hydrogen) atoms. The van der Waals surface area contributed by atoms with Crippen molar-refractivity contribution in [3.63, 3.8) is 0 Å². The van der Waals surface area contributed by atoms with E-state index in [4.69, 9.17) is 5.11 Å². The summed E-state index contributed by atoms with van der Waals surface area (Å²) in [6, 6.07) is 4.30. The zero-order valence-electron chi connectivity index (χ0n) is 16.6. The smallest absolute Gasteiger partial charge is 0.158 e. The number of aliphatic hydroxyl groups excluding tert-OH is 1. The summed E-state index contributed by atoms with van der Waals surface area (Å²) in [4.78, 5) is 21.1. The molecule has 1 N–H and O–H groups in total. The molecule has 1 saturated carbocycles. The first kappa shape index (κ1) is 19.8. The summed E-state index contributed by atoms with van der Waals surface area (Å²) in [5, 5.41) is 12.4. The Morgan fingerprint density at radius 2 is 1.86 bits per heavy atom. The van der Waals surface area contributed by atoms with Gasteiger partial charge in [0.05, 0.1) is 0 Å². The van der Waals surface area contributed by atoms with Gasteiger partial charge >= 0.3 is 0 Å². The van der Waals surface area contributed by atoms with Gasteiger partial charge < -0.3 is 10.0 Å². The lowest BCUT2D eigenvalue weighted by Gasteiger charge is -2.37. The number of carbonyl (C=O) groups is 1. The minimum absolute atomic E-state index is 0.00829. The van der Waals surface area contributed by atoms with Gasteiger partial charge in [-0.25, -0.2) is 4.98 Å². The van der Waals surface area contributed by atoms with E-state index < -0.39 is 0 Å². The molecular formula is C22H31N3O2S. The molecule has 0 aromatic carbocycles. The highest BCUT2D eigenvalue weighted by atomic mass is 32.1. The van der Waals surface area contributed by atoms with Crippen LogP contribution >= 0.6 is 11.3 Å². The molecule has 2 aromatic heterocycles. The quantitative estimate of drug-likeness (QED) is 0.769. The number of piperazine rings is 1. The molecular weight excluding hydrogens is 370 g/mol. The largest absolute Gasteiger partial charge is 0.389 e. The number of aromatic nitrogens is 1. The van der Waals surface area contributed by atoms with E-state index in [9.17, 15) is 4.79 Å². The minimum atomic E-state index is -0.289. The third kappa shape index (κ3) is 4.73. The van der Waals surface area contributed by atoms with Crippen LogP contribution in [0.15, 0.2) is 23.7 Å². The van der Waals surface area contributed by atoms with Gasteiger partial charge in [0.2, 0.25) is 0 Å². The molecule has 152 valence electrons. The van der Waals surface area contributed by atoms with Crippen molar-refractivity contribution >= 4 is 33.0 Å². The summed E-state index contributed by atoms with van der Waals surface area (Å²) < 4.78 is 1.32. The SMILES string of the molecule is O=C(CO)CC1CCC(CCN2CCN(c3nccc4sccc34)CC2)CC1. The molecule has 3 heterocycles. The van der Waals surface area contributed by atoms with Gasteiger partial charge in [-0.1, -0.05) is 12.8 Å². The molecule has 0 bridgehead atoms. The second-order valence-corrected chi connectivity index (χ2v) is 9.32. The molecule has 2 aromatic rings. The van der Waals surface area contributed by atoms with E-state index in [0.29, 0.717) is 12.3 Å². The summed E-state index contributed by atoms with van der Waals surface area (Å²) in [5.41, 5.74) is 0. The van der Waals surface area contributed by atoms with Crippen LogP contribution in [0.1, 0.15) is 38.5 Å². The van der Waals surface area contributed by atoms with E-state index in [1.807, 2.05) is 6.20 Å². The van der Waals surface area contributed by atoms with Crippen molar-refractivity contribution in [3.05, 3.63) is 23.7 Å². The molecule has 2 aliphatic rings. The second-order valence-electron chi connectivity index (χ2n) is 8.37. The van der Waals surface area contributed by atoms with Gasteiger partial charge in [-0.3, -0.25) is 9.69 Å². The maximum absolute atomic E-state index is 11.4. The predicted molar refractivity (Wildman–Crippen MR) is 115 cm³/mol. The standard InChI is InChI=1S/C22H31N3O2S/c26-16-19(27)15-18-3-1-17(2-4-18)6-9-24-10-12-25(13-11-24)22-20-7-14-28-21(20)5-8-23-22/h5,7-8,14,17-18,26H,1-4,6,9-13,15-16H2. The number of ketones is 1. The Kier molecular flexibility index (Phi) is 6.60. The van der Waals surface area contributed by atoms with Gasteiger partial charge in [0.1, 0.15) is 12.4 Å². The van der Waals surface area contributed by atoms with Gasteiger partial charge in [0, 0.05) is 48.9 Å². The van der Waals surface area contributed by atoms with Gasteiger partial charge in [-0.2, -0.15) is 0 Å². The lowest BCUT2D eigenvalue weighted by atomic mass is 9.78. The number of pyridine rings is 1. The van der Waals surface area contributed by atoms with Crippen molar-refractivity contribution in [2.75, 3.05) is 44.2 Å². The van der Waals surface area contributed by atoms with Crippen LogP contribution in [0, 0.1) is 11.8 Å². The van der Waals surface area contributed by atoms with Crippen LogP contribution in [-0.4, -0.2) is 60.1 Å². The predicted octanol–water partition coefficient (Wildman–Crippen LogP) is 3.57. The third-order valence-corrected chi connectivity index (χ3v) is 7.43. The summed E-state index contributed by atoms with van der Waals surface area (Å²) >= 11 is 1.79. The summed E-state index contributed by atoms with van der Waals surface area (Å²) in [5.74, 6) is 2.47. The Bertz CT molecular complexity index is 777. The molecule has 4 rings (SSSR count). The lowest BCUT2D eigenvalue weighted by molar-refractivity contribution is -0.122. The lowest BCUT2D eigenvalue weighted by Crippen LogP contribution is -2.47. The molecule has 0 amide bonds. The summed E-state index contributed by atoms with van der Waals surface area (Å²) in [7, 11) is 0. The number of thiophene rings is 1. The number of Topliss-reactive ketones (excluding diaryl/α,β-unsaturated/α-hetero) is 1. The summed E-state index contributed by atoms with van der Waals surface area (Å²) in [6.45, 7) is 5.23. The van der Waals surface area contributed by atoms with Gasteiger partial charge in [0.15, 0.2) is 5.78 Å². The normalized spacial score (nSPS) is 24.0. The molecule has 6 heteroatoms. The first-order valence-electron chi connectivity index (χ1n) is 10.6. The number of hydrogen-bond acceptors (Lipinski definition) is 6. The van der Waals surface area contributed by atoms with Crippen molar-refractivity contribution in [1.29, 1.82) is 0 Å². The number of fused-ring (bicyclic) bond motifs is 1. The number of rotatable bonds is 7. The number of carbonyl (C=O) groups excluding carboxylic acids is 1. The molecule has 1 aliphatic carbocycles. The zero-order chi connectivity index (χ0) is 19.3. The topological polar surface area (TPSA) is 56.7 Å². The van der Waals surface area contributed by atoms with E-state index in [1.165, 1.54) is 35.9 Å². The van der Waals surface area contributed by atoms with Gasteiger partial charge in [-0.15, -0.1) is 11.3 Å². The highest BCUT2D eigenvalue weighted by Crippen LogP contribution is 2.33. The molecule has 5 nitrogen and oxygen atoms in total. The first-order chi connectivity index (χ1) is 13.7. The van der Waals surface area contributed by atoms with E-state index in [-0.39, 0.29) is 12.4 Å². The third-order valence-electron chi connectivity index (χ3n) is 6.54. The van der Waals surface area contributed by atoms with Crippen LogP contribution in [-0.2, 0) is 4.79 Å². The molecule has 0 atom stereocenters. The van der Waals surface area contributed by atoms with E-state index in [0.717, 1.165) is 50.8 Å². The fraction of sp³-hybridized carbons (Fsp3) is 0.636. The zero-order valence-corrected chi connectivity index (χ0v) is 17.4. The Hall–Kier alpha value is -1.50. The maximum Gasteiger partial charge on any atom is 0.158 e. The van der Waals surface area contributed by atoms with Crippen LogP contribution in [0.2, 0.25) is 0 Å². The highest BCUT2D eigenvalue weighted by Gasteiger charge is 2.24. The number of hydrogen-bond donors (Lipinski definition) is 1. The maximum atomic E-state index is 11.4. The minimum Gasteiger partial charge on any atom is -0.389 e. The summed E-state index contributed by atoms with van der Waals surface area (Å²) in [6.07, 6.45) is 8.59. The Morgan fingerprint density at radius 1 is 1.11 bits per heavy atom. The van der Waals surface area contributed by atoms with Crippen molar-refractivity contribution in [3.8, 4) is 0 Å². The molecule has 1 saturated heterocycles. The first-order valence-corrected chi connectivity index (χ1v) is 11.5. The van der Waals surface area contributed by atoms with Crippen LogP contribution in [0.3, 0.4) is 0 Å². The van der Waals surface area contributed by atoms with Crippen LogP contribution < -0.4 is 4.90 Å². The van der Waals surface area contributed by atoms with E-state index >= 15 is 0 Å².